The molecule has 0 saturated heterocycles. The zero-order valence-corrected chi connectivity index (χ0v) is 14.1. The van der Waals surface area contributed by atoms with Crippen LogP contribution in [0.25, 0.3) is 5.69 Å². The first-order valence-electron chi connectivity index (χ1n) is 7.02. The number of aromatic hydroxyl groups is 2. The topological polar surface area (TPSA) is 101 Å². The first-order valence-corrected chi connectivity index (χ1v) is 9.32. The van der Waals surface area contributed by atoms with Crippen LogP contribution in [0.2, 0.25) is 0 Å². The van der Waals surface area contributed by atoms with Crippen molar-refractivity contribution in [1.29, 1.82) is 0 Å². The molecule has 1 unspecified atom stereocenters. The summed E-state index contributed by atoms with van der Waals surface area (Å²) in [6.07, 6.45) is 0. The summed E-state index contributed by atoms with van der Waals surface area (Å²) < 4.78 is 13.9. The standard InChI is InChI=1S/C15H14N4O3S2/c20-13-7-6-12(10-14(13)21)24(22)9-8-23-15-16-17-18-19(15)11-4-2-1-3-5-11/h1-7,10,20-21H,8-9H2. The molecule has 24 heavy (non-hydrogen) atoms. The number of hydrogen-bond donors (Lipinski definition) is 2. The molecule has 0 aliphatic heterocycles. The smallest absolute Gasteiger partial charge is 0.214 e. The third-order valence-electron chi connectivity index (χ3n) is 3.15. The average Bonchev–Trinajstić information content (AvgIpc) is 3.06. The quantitative estimate of drug-likeness (QED) is 0.511. The van der Waals surface area contributed by atoms with Gasteiger partial charge in [0.1, 0.15) is 0 Å². The highest BCUT2D eigenvalue weighted by atomic mass is 32.2. The van der Waals surface area contributed by atoms with Crippen molar-refractivity contribution in [3.05, 3.63) is 48.5 Å². The Morgan fingerprint density at radius 1 is 1.08 bits per heavy atom. The van der Waals surface area contributed by atoms with Gasteiger partial charge in [-0.15, -0.1) is 5.10 Å². The molecule has 1 heterocycles. The van der Waals surface area contributed by atoms with Gasteiger partial charge in [-0.3, -0.25) is 4.21 Å². The van der Waals surface area contributed by atoms with Crippen LogP contribution in [0.4, 0.5) is 0 Å². The van der Waals surface area contributed by atoms with Gasteiger partial charge in [0.05, 0.1) is 16.5 Å². The lowest BCUT2D eigenvalue weighted by Gasteiger charge is -2.05. The average molecular weight is 362 g/mol. The van der Waals surface area contributed by atoms with Gasteiger partial charge < -0.3 is 10.2 Å². The fraction of sp³-hybridized carbons (Fsp3) is 0.133. The second-order valence-electron chi connectivity index (χ2n) is 4.76. The number of benzene rings is 2. The summed E-state index contributed by atoms with van der Waals surface area (Å²) in [5.74, 6) is 0.409. The molecule has 0 radical (unpaired) electrons. The van der Waals surface area contributed by atoms with Gasteiger partial charge in [0.15, 0.2) is 11.5 Å². The maximum Gasteiger partial charge on any atom is 0.214 e. The van der Waals surface area contributed by atoms with E-state index in [1.165, 1.54) is 30.0 Å². The van der Waals surface area contributed by atoms with Crippen LogP contribution < -0.4 is 0 Å². The first-order chi connectivity index (χ1) is 11.6. The van der Waals surface area contributed by atoms with Crippen LogP contribution in [0, 0.1) is 0 Å². The molecule has 7 nitrogen and oxygen atoms in total. The Morgan fingerprint density at radius 2 is 1.88 bits per heavy atom. The van der Waals surface area contributed by atoms with Gasteiger partial charge in [0.25, 0.3) is 0 Å². The normalized spacial score (nSPS) is 12.2. The Labute approximate surface area is 144 Å². The SMILES string of the molecule is O=S(CCSc1nnnn1-c1ccccc1)c1ccc(O)c(O)c1. The summed E-state index contributed by atoms with van der Waals surface area (Å²) in [4.78, 5) is 0.466. The third-order valence-corrected chi connectivity index (χ3v) is 5.69. The van der Waals surface area contributed by atoms with Gasteiger partial charge in [0.2, 0.25) is 5.16 Å². The predicted molar refractivity (Wildman–Crippen MR) is 90.9 cm³/mol. The molecule has 0 bridgehead atoms. The van der Waals surface area contributed by atoms with E-state index in [-0.39, 0.29) is 11.5 Å². The molecule has 124 valence electrons. The lowest BCUT2D eigenvalue weighted by molar-refractivity contribution is 0.402. The number of para-hydroxylation sites is 1. The van der Waals surface area contributed by atoms with Crippen molar-refractivity contribution in [1.82, 2.24) is 20.2 Å². The second-order valence-corrected chi connectivity index (χ2v) is 7.39. The van der Waals surface area contributed by atoms with E-state index in [4.69, 9.17) is 0 Å². The summed E-state index contributed by atoms with van der Waals surface area (Å²) in [5, 5.41) is 31.0. The van der Waals surface area contributed by atoms with E-state index in [2.05, 4.69) is 15.5 Å². The highest BCUT2D eigenvalue weighted by Gasteiger charge is 2.11. The maximum atomic E-state index is 12.2. The summed E-state index contributed by atoms with van der Waals surface area (Å²) in [7, 11) is -1.28. The van der Waals surface area contributed by atoms with Gasteiger partial charge in [-0.05, 0) is 40.8 Å². The fourth-order valence-corrected chi connectivity index (χ4v) is 4.15. The van der Waals surface area contributed by atoms with Gasteiger partial charge in [-0.2, -0.15) is 4.68 Å². The minimum Gasteiger partial charge on any atom is -0.504 e. The van der Waals surface area contributed by atoms with Crippen molar-refractivity contribution in [2.75, 3.05) is 11.5 Å². The van der Waals surface area contributed by atoms with E-state index < -0.39 is 10.8 Å². The van der Waals surface area contributed by atoms with E-state index in [9.17, 15) is 14.4 Å². The van der Waals surface area contributed by atoms with Gasteiger partial charge >= 0.3 is 0 Å². The number of phenols is 2. The molecule has 2 aromatic carbocycles. The van der Waals surface area contributed by atoms with E-state index in [1.807, 2.05) is 30.3 Å². The Hall–Kier alpha value is -2.39. The molecule has 3 rings (SSSR count). The van der Waals surface area contributed by atoms with Crippen LogP contribution in [0.5, 0.6) is 11.5 Å². The number of nitrogens with zero attached hydrogens (tertiary/aromatic N) is 4. The number of rotatable bonds is 6. The number of tetrazole rings is 1. The van der Waals surface area contributed by atoms with Crippen molar-refractivity contribution < 1.29 is 14.4 Å². The monoisotopic (exact) mass is 362 g/mol. The minimum absolute atomic E-state index is 0.229. The summed E-state index contributed by atoms with van der Waals surface area (Å²) in [6.45, 7) is 0. The lowest BCUT2D eigenvalue weighted by atomic mass is 10.3. The van der Waals surface area contributed by atoms with E-state index in [0.717, 1.165) is 5.69 Å². The van der Waals surface area contributed by atoms with Crippen LogP contribution in [0.15, 0.2) is 58.6 Å². The molecule has 0 amide bonds. The highest BCUT2D eigenvalue weighted by Crippen LogP contribution is 2.27. The van der Waals surface area contributed by atoms with Crippen molar-refractivity contribution >= 4 is 22.6 Å². The number of thioether (sulfide) groups is 1. The van der Waals surface area contributed by atoms with Crippen LogP contribution in [0.1, 0.15) is 0 Å². The summed E-state index contributed by atoms with van der Waals surface area (Å²) in [5.41, 5.74) is 0.856. The summed E-state index contributed by atoms with van der Waals surface area (Å²) >= 11 is 1.40. The Balaban J connectivity index is 1.62. The van der Waals surface area contributed by atoms with Crippen molar-refractivity contribution in [3.8, 4) is 17.2 Å². The second kappa shape index (κ2) is 7.45. The summed E-state index contributed by atoms with van der Waals surface area (Å²) in [6, 6.07) is 13.7. The molecule has 1 aromatic heterocycles. The van der Waals surface area contributed by atoms with Crippen LogP contribution in [-0.4, -0.2) is 46.1 Å². The molecule has 0 spiro atoms. The van der Waals surface area contributed by atoms with Crippen LogP contribution >= 0.6 is 11.8 Å². The lowest BCUT2D eigenvalue weighted by Crippen LogP contribution is -2.03. The first kappa shape index (κ1) is 16.5. The molecule has 9 heteroatoms. The van der Waals surface area contributed by atoms with Crippen LogP contribution in [0.3, 0.4) is 0 Å². The molecule has 0 saturated carbocycles. The third kappa shape index (κ3) is 3.74. The minimum atomic E-state index is -1.28. The molecular weight excluding hydrogens is 348 g/mol. The van der Waals surface area contributed by atoms with E-state index in [1.54, 1.807) is 4.68 Å². The molecule has 1 atom stereocenters. The molecule has 2 N–H and O–H groups in total. The van der Waals surface area contributed by atoms with Crippen LogP contribution in [-0.2, 0) is 10.8 Å². The molecule has 3 aromatic rings. The highest BCUT2D eigenvalue weighted by molar-refractivity contribution is 8.00. The van der Waals surface area contributed by atoms with Gasteiger partial charge in [0, 0.05) is 16.4 Å². The van der Waals surface area contributed by atoms with Crippen molar-refractivity contribution in [3.63, 3.8) is 0 Å². The predicted octanol–water partition coefficient (Wildman–Crippen LogP) is 1.97. The zero-order chi connectivity index (χ0) is 16.9. The Kier molecular flexibility index (Phi) is 5.11. The van der Waals surface area contributed by atoms with Gasteiger partial charge in [-0.1, -0.05) is 30.0 Å². The molecule has 0 fully saturated rings. The number of aromatic nitrogens is 4. The fourth-order valence-electron chi connectivity index (χ4n) is 1.97. The van der Waals surface area contributed by atoms with E-state index >= 15 is 0 Å². The zero-order valence-electron chi connectivity index (χ0n) is 12.4. The largest absolute Gasteiger partial charge is 0.504 e. The Morgan fingerprint density at radius 3 is 2.62 bits per heavy atom. The van der Waals surface area contributed by atoms with Crippen molar-refractivity contribution in [2.24, 2.45) is 0 Å². The molecular formula is C15H14N4O3S2. The van der Waals surface area contributed by atoms with E-state index in [0.29, 0.717) is 21.6 Å². The Bertz CT molecular complexity index is 855. The van der Waals surface area contributed by atoms with Gasteiger partial charge in [-0.25, -0.2) is 0 Å². The van der Waals surface area contributed by atoms with Crippen molar-refractivity contribution in [2.45, 2.75) is 10.1 Å². The molecule has 0 aliphatic carbocycles. The number of hydrogen-bond acceptors (Lipinski definition) is 7. The molecule has 0 aliphatic rings. The number of phenolic OH excluding ortho intramolecular Hbond substituents is 2. The maximum absolute atomic E-state index is 12.2.